The lowest BCUT2D eigenvalue weighted by molar-refractivity contribution is 0.286. The second-order valence-corrected chi connectivity index (χ2v) is 4.84. The van der Waals surface area contributed by atoms with Crippen LogP contribution in [0.5, 0.6) is 5.75 Å². The van der Waals surface area contributed by atoms with Crippen LogP contribution in [0.25, 0.3) is 0 Å². The van der Waals surface area contributed by atoms with E-state index >= 15 is 0 Å². The number of ether oxygens (including phenoxy) is 1. The minimum absolute atomic E-state index is 0.513. The number of aromatic nitrogens is 4. The minimum atomic E-state index is 0.513. The van der Waals surface area contributed by atoms with Crippen LogP contribution in [0.3, 0.4) is 0 Å². The summed E-state index contributed by atoms with van der Waals surface area (Å²) in [5.41, 5.74) is 6.38. The maximum absolute atomic E-state index is 5.69. The number of nitrogens with two attached hydrogens (primary N) is 1. The first-order valence-corrected chi connectivity index (χ1v) is 6.38. The Bertz CT molecular complexity index is 523. The van der Waals surface area contributed by atoms with Gasteiger partial charge in [-0.15, -0.1) is 5.10 Å². The standard InChI is InChI=1S/C13H19N5O/c1-10(2)8-13-15-16-17-18(13)6-7-19-12-5-3-4-11(14)9-12/h3-5,9-10H,6-8,14H2,1-2H3. The van der Waals surface area contributed by atoms with Crippen LogP contribution in [-0.2, 0) is 13.0 Å². The van der Waals surface area contributed by atoms with Gasteiger partial charge in [-0.1, -0.05) is 19.9 Å². The van der Waals surface area contributed by atoms with Crippen molar-refractivity contribution in [3.05, 3.63) is 30.1 Å². The molecular weight excluding hydrogens is 242 g/mol. The molecule has 0 aliphatic rings. The molecule has 102 valence electrons. The molecule has 1 aromatic carbocycles. The van der Waals surface area contributed by atoms with Crippen molar-refractivity contribution in [3.8, 4) is 5.75 Å². The van der Waals surface area contributed by atoms with E-state index < -0.39 is 0 Å². The molecule has 0 saturated heterocycles. The molecule has 0 radical (unpaired) electrons. The van der Waals surface area contributed by atoms with Crippen LogP contribution in [0.15, 0.2) is 24.3 Å². The van der Waals surface area contributed by atoms with E-state index in [1.165, 1.54) is 0 Å². The zero-order valence-electron chi connectivity index (χ0n) is 11.3. The van der Waals surface area contributed by atoms with Crippen molar-refractivity contribution >= 4 is 5.69 Å². The largest absolute Gasteiger partial charge is 0.492 e. The quantitative estimate of drug-likeness (QED) is 0.798. The Morgan fingerprint density at radius 2 is 2.21 bits per heavy atom. The maximum atomic E-state index is 5.69. The summed E-state index contributed by atoms with van der Waals surface area (Å²) in [6.45, 7) is 5.42. The van der Waals surface area contributed by atoms with E-state index in [2.05, 4.69) is 29.4 Å². The Kier molecular flexibility index (Phi) is 4.33. The van der Waals surface area contributed by atoms with Gasteiger partial charge < -0.3 is 10.5 Å². The van der Waals surface area contributed by atoms with Gasteiger partial charge in [-0.05, 0) is 28.5 Å². The van der Waals surface area contributed by atoms with Gasteiger partial charge >= 0.3 is 0 Å². The van der Waals surface area contributed by atoms with Gasteiger partial charge in [-0.2, -0.15) is 0 Å². The van der Waals surface area contributed by atoms with Crippen LogP contribution < -0.4 is 10.5 Å². The Hall–Kier alpha value is -2.11. The molecule has 0 spiro atoms. The Labute approximate surface area is 112 Å². The molecule has 6 nitrogen and oxygen atoms in total. The van der Waals surface area contributed by atoms with Crippen LogP contribution in [-0.4, -0.2) is 26.8 Å². The number of anilines is 1. The van der Waals surface area contributed by atoms with E-state index in [0.29, 0.717) is 24.8 Å². The van der Waals surface area contributed by atoms with E-state index in [9.17, 15) is 0 Å². The SMILES string of the molecule is CC(C)Cc1nnnn1CCOc1cccc(N)c1. The summed E-state index contributed by atoms with van der Waals surface area (Å²) in [6, 6.07) is 7.38. The number of tetrazole rings is 1. The average Bonchev–Trinajstić information content (AvgIpc) is 2.76. The van der Waals surface area contributed by atoms with E-state index in [-0.39, 0.29) is 0 Å². The van der Waals surface area contributed by atoms with Gasteiger partial charge in [-0.25, -0.2) is 4.68 Å². The van der Waals surface area contributed by atoms with Crippen molar-refractivity contribution in [1.29, 1.82) is 0 Å². The molecule has 0 amide bonds. The van der Waals surface area contributed by atoms with Gasteiger partial charge in [0.2, 0.25) is 0 Å². The molecule has 0 unspecified atom stereocenters. The molecule has 0 bridgehead atoms. The fraction of sp³-hybridized carbons (Fsp3) is 0.462. The minimum Gasteiger partial charge on any atom is -0.492 e. The highest BCUT2D eigenvalue weighted by Gasteiger charge is 2.08. The summed E-state index contributed by atoms with van der Waals surface area (Å²) >= 11 is 0. The average molecular weight is 261 g/mol. The second kappa shape index (κ2) is 6.17. The highest BCUT2D eigenvalue weighted by molar-refractivity contribution is 5.43. The number of nitrogens with zero attached hydrogens (tertiary/aromatic N) is 4. The third-order valence-electron chi connectivity index (χ3n) is 2.63. The predicted octanol–water partition coefficient (Wildman–Crippen LogP) is 1.53. The van der Waals surface area contributed by atoms with E-state index in [0.717, 1.165) is 18.0 Å². The molecule has 0 aliphatic carbocycles. The van der Waals surface area contributed by atoms with E-state index in [4.69, 9.17) is 10.5 Å². The van der Waals surface area contributed by atoms with Crippen LogP contribution >= 0.6 is 0 Å². The highest BCUT2D eigenvalue weighted by Crippen LogP contribution is 2.14. The van der Waals surface area contributed by atoms with Crippen molar-refractivity contribution in [2.75, 3.05) is 12.3 Å². The number of nitrogen functional groups attached to an aromatic ring is 1. The molecule has 19 heavy (non-hydrogen) atoms. The fourth-order valence-corrected chi connectivity index (χ4v) is 1.76. The molecule has 0 fully saturated rings. The second-order valence-electron chi connectivity index (χ2n) is 4.84. The van der Waals surface area contributed by atoms with Gasteiger partial charge in [0.25, 0.3) is 0 Å². The zero-order valence-corrected chi connectivity index (χ0v) is 11.3. The molecule has 2 aromatic rings. The lowest BCUT2D eigenvalue weighted by Gasteiger charge is -2.08. The summed E-state index contributed by atoms with van der Waals surface area (Å²) in [5, 5.41) is 11.7. The first-order valence-electron chi connectivity index (χ1n) is 6.38. The summed E-state index contributed by atoms with van der Waals surface area (Å²) in [6.07, 6.45) is 0.866. The smallest absolute Gasteiger partial charge is 0.151 e. The molecule has 0 atom stereocenters. The molecule has 0 aliphatic heterocycles. The first kappa shape index (κ1) is 13.3. The molecular formula is C13H19N5O. The van der Waals surface area contributed by atoms with Gasteiger partial charge in [0.15, 0.2) is 5.82 Å². The maximum Gasteiger partial charge on any atom is 0.151 e. The van der Waals surface area contributed by atoms with Crippen molar-refractivity contribution in [2.24, 2.45) is 5.92 Å². The molecule has 2 N–H and O–H groups in total. The van der Waals surface area contributed by atoms with Crippen LogP contribution in [0.1, 0.15) is 19.7 Å². The lowest BCUT2D eigenvalue weighted by atomic mass is 10.1. The van der Waals surface area contributed by atoms with Gasteiger partial charge in [0.05, 0.1) is 6.54 Å². The first-order chi connectivity index (χ1) is 9.15. The number of rotatable bonds is 6. The normalized spacial score (nSPS) is 10.9. The molecule has 1 heterocycles. The summed E-state index contributed by atoms with van der Waals surface area (Å²) < 4.78 is 7.41. The Morgan fingerprint density at radius 3 is 2.95 bits per heavy atom. The third-order valence-corrected chi connectivity index (χ3v) is 2.63. The van der Waals surface area contributed by atoms with Gasteiger partial charge in [0.1, 0.15) is 12.4 Å². The Morgan fingerprint density at radius 1 is 1.37 bits per heavy atom. The van der Waals surface area contributed by atoms with Crippen LogP contribution in [0.4, 0.5) is 5.69 Å². The monoisotopic (exact) mass is 261 g/mol. The summed E-state index contributed by atoms with van der Waals surface area (Å²) in [5.74, 6) is 2.18. The third kappa shape index (κ3) is 3.94. The zero-order chi connectivity index (χ0) is 13.7. The number of hydrogen-bond acceptors (Lipinski definition) is 5. The summed E-state index contributed by atoms with van der Waals surface area (Å²) in [7, 11) is 0. The van der Waals surface area contributed by atoms with Crippen molar-refractivity contribution in [1.82, 2.24) is 20.2 Å². The van der Waals surface area contributed by atoms with Crippen molar-refractivity contribution in [3.63, 3.8) is 0 Å². The lowest BCUT2D eigenvalue weighted by Crippen LogP contribution is -2.14. The summed E-state index contributed by atoms with van der Waals surface area (Å²) in [4.78, 5) is 0. The number of hydrogen-bond donors (Lipinski definition) is 1. The van der Waals surface area contributed by atoms with E-state index in [1.54, 1.807) is 10.7 Å². The molecule has 2 rings (SSSR count). The Balaban J connectivity index is 1.87. The van der Waals surface area contributed by atoms with Gasteiger partial charge in [0, 0.05) is 18.2 Å². The van der Waals surface area contributed by atoms with Crippen LogP contribution in [0.2, 0.25) is 0 Å². The number of benzene rings is 1. The molecule has 6 heteroatoms. The van der Waals surface area contributed by atoms with Crippen molar-refractivity contribution < 1.29 is 4.74 Å². The van der Waals surface area contributed by atoms with Crippen LogP contribution in [0, 0.1) is 5.92 Å². The van der Waals surface area contributed by atoms with Crippen molar-refractivity contribution in [2.45, 2.75) is 26.8 Å². The highest BCUT2D eigenvalue weighted by atomic mass is 16.5. The predicted molar refractivity (Wildman–Crippen MR) is 72.7 cm³/mol. The topological polar surface area (TPSA) is 78.8 Å². The van der Waals surface area contributed by atoms with E-state index in [1.807, 2.05) is 18.2 Å². The molecule has 0 saturated carbocycles. The molecule has 1 aromatic heterocycles. The van der Waals surface area contributed by atoms with Gasteiger partial charge in [-0.3, -0.25) is 0 Å². The fourth-order valence-electron chi connectivity index (χ4n) is 1.76.